The number of anilines is 1. The van der Waals surface area contributed by atoms with Crippen LogP contribution in [0.1, 0.15) is 61.7 Å². The molecule has 5 nitrogen and oxygen atoms in total. The highest BCUT2D eigenvalue weighted by Gasteiger charge is 2.21. The van der Waals surface area contributed by atoms with E-state index in [4.69, 9.17) is 0 Å². The first-order valence-electron chi connectivity index (χ1n) is 10.0. The van der Waals surface area contributed by atoms with E-state index in [-0.39, 0.29) is 11.8 Å². The van der Waals surface area contributed by atoms with E-state index in [9.17, 15) is 9.59 Å². The van der Waals surface area contributed by atoms with E-state index in [1.54, 1.807) is 6.07 Å². The highest BCUT2D eigenvalue weighted by molar-refractivity contribution is 5.97. The van der Waals surface area contributed by atoms with Crippen LogP contribution in [0.5, 0.6) is 0 Å². The Balaban J connectivity index is 1.55. The number of amides is 2. The molecule has 0 atom stereocenters. The van der Waals surface area contributed by atoms with Crippen LogP contribution in [0, 0.1) is 0 Å². The molecule has 0 spiro atoms. The minimum absolute atomic E-state index is 0.0133. The van der Waals surface area contributed by atoms with Gasteiger partial charge in [0.2, 0.25) is 5.91 Å². The van der Waals surface area contributed by atoms with Gasteiger partial charge in [0.05, 0.1) is 6.54 Å². The molecule has 1 saturated carbocycles. The fourth-order valence-electron chi connectivity index (χ4n) is 4.09. The van der Waals surface area contributed by atoms with Gasteiger partial charge in [-0.25, -0.2) is 0 Å². The molecule has 3 rings (SSSR count). The molecule has 5 heteroatoms. The first-order chi connectivity index (χ1) is 12.6. The first kappa shape index (κ1) is 18.9. The molecule has 26 heavy (non-hydrogen) atoms. The van der Waals surface area contributed by atoms with Crippen LogP contribution in [-0.2, 0) is 4.79 Å². The lowest BCUT2D eigenvalue weighted by Crippen LogP contribution is -2.39. The average Bonchev–Trinajstić information content (AvgIpc) is 2.69. The normalized spacial score (nSPS) is 18.8. The molecular weight excluding hydrogens is 326 g/mol. The number of likely N-dealkylation sites (N-methyl/N-ethyl adjacent to an activating group) is 1. The lowest BCUT2D eigenvalue weighted by Gasteiger charge is -2.30. The molecule has 2 amide bonds. The van der Waals surface area contributed by atoms with Crippen molar-refractivity contribution in [2.75, 3.05) is 32.0 Å². The molecule has 0 unspecified atom stereocenters. The zero-order valence-electron chi connectivity index (χ0n) is 15.9. The van der Waals surface area contributed by atoms with Gasteiger partial charge in [-0.3, -0.25) is 14.5 Å². The van der Waals surface area contributed by atoms with Crippen molar-refractivity contribution in [2.24, 2.45) is 0 Å². The van der Waals surface area contributed by atoms with Gasteiger partial charge in [-0.15, -0.1) is 0 Å². The van der Waals surface area contributed by atoms with E-state index in [0.29, 0.717) is 23.8 Å². The molecule has 2 fully saturated rings. The van der Waals surface area contributed by atoms with Crippen molar-refractivity contribution in [1.29, 1.82) is 0 Å². The van der Waals surface area contributed by atoms with Crippen LogP contribution in [0.25, 0.3) is 0 Å². The van der Waals surface area contributed by atoms with Crippen LogP contribution in [0.3, 0.4) is 0 Å². The number of piperidine rings is 1. The molecule has 0 bridgehead atoms. The van der Waals surface area contributed by atoms with Gasteiger partial charge in [0.15, 0.2) is 0 Å². The highest BCUT2D eigenvalue weighted by atomic mass is 16.2. The summed E-state index contributed by atoms with van der Waals surface area (Å²) in [5.41, 5.74) is 1.36. The van der Waals surface area contributed by atoms with Crippen LogP contribution < -0.4 is 5.32 Å². The van der Waals surface area contributed by atoms with Gasteiger partial charge in [-0.05, 0) is 57.4 Å². The Labute approximate surface area is 156 Å². The second kappa shape index (κ2) is 9.17. The molecule has 1 heterocycles. The Bertz CT molecular complexity index is 619. The number of hydrogen-bond acceptors (Lipinski definition) is 3. The van der Waals surface area contributed by atoms with Crippen LogP contribution >= 0.6 is 0 Å². The number of likely N-dealkylation sites (tertiary alicyclic amines) is 1. The topological polar surface area (TPSA) is 52.7 Å². The Morgan fingerprint density at radius 2 is 1.77 bits per heavy atom. The summed E-state index contributed by atoms with van der Waals surface area (Å²) in [5.74, 6) is 0.0563. The third-order valence-corrected chi connectivity index (χ3v) is 5.63. The lowest BCUT2D eigenvalue weighted by molar-refractivity contribution is -0.117. The third-order valence-electron chi connectivity index (χ3n) is 5.63. The summed E-state index contributed by atoms with van der Waals surface area (Å²) in [6.07, 6.45) is 9.57. The van der Waals surface area contributed by atoms with Gasteiger partial charge in [0.1, 0.15) is 0 Å². The number of rotatable bonds is 5. The molecule has 2 aliphatic rings. The Hall–Kier alpha value is -1.88. The molecule has 142 valence electrons. The van der Waals surface area contributed by atoms with Crippen molar-refractivity contribution in [3.8, 4) is 0 Å². The maximum Gasteiger partial charge on any atom is 0.253 e. The van der Waals surface area contributed by atoms with Gasteiger partial charge >= 0.3 is 0 Å². The van der Waals surface area contributed by atoms with Crippen molar-refractivity contribution in [1.82, 2.24) is 9.80 Å². The summed E-state index contributed by atoms with van der Waals surface area (Å²) < 4.78 is 0. The Morgan fingerprint density at radius 1 is 1.08 bits per heavy atom. The van der Waals surface area contributed by atoms with Crippen LogP contribution in [0.15, 0.2) is 24.3 Å². The number of carbonyl (C=O) groups excluding carboxylic acids is 2. The molecule has 0 radical (unpaired) electrons. The Kier molecular flexibility index (Phi) is 6.67. The first-order valence-corrected chi connectivity index (χ1v) is 10.0. The van der Waals surface area contributed by atoms with Crippen molar-refractivity contribution < 1.29 is 9.59 Å². The second-order valence-corrected chi connectivity index (χ2v) is 7.69. The monoisotopic (exact) mass is 357 g/mol. The number of carbonyl (C=O) groups is 2. The summed E-state index contributed by atoms with van der Waals surface area (Å²) >= 11 is 0. The van der Waals surface area contributed by atoms with Crippen molar-refractivity contribution in [3.63, 3.8) is 0 Å². The summed E-state index contributed by atoms with van der Waals surface area (Å²) in [6.45, 7) is 2.07. The predicted molar refractivity (Wildman–Crippen MR) is 104 cm³/mol. The standard InChI is InChI=1S/C21H31N3O2/c1-23(19-11-4-2-5-12-19)16-20(25)22-18-10-8-9-17(15-18)21(26)24-13-6-3-7-14-24/h8-10,15,19H,2-7,11-14,16H2,1H3,(H,22,25). The zero-order chi connectivity index (χ0) is 18.4. The predicted octanol–water partition coefficient (Wildman–Crippen LogP) is 3.52. The minimum Gasteiger partial charge on any atom is -0.339 e. The number of nitrogens with one attached hydrogen (secondary N) is 1. The fraction of sp³-hybridized carbons (Fsp3) is 0.619. The molecule has 1 aromatic carbocycles. The maximum atomic E-state index is 12.6. The molecule has 1 saturated heterocycles. The maximum absolute atomic E-state index is 12.6. The van der Waals surface area contributed by atoms with Gasteiger partial charge in [-0.2, -0.15) is 0 Å². The van der Waals surface area contributed by atoms with Crippen LogP contribution in [-0.4, -0.2) is 54.3 Å². The summed E-state index contributed by atoms with van der Waals surface area (Å²) in [5, 5.41) is 2.96. The van der Waals surface area contributed by atoms with Crippen LogP contribution in [0.2, 0.25) is 0 Å². The largest absolute Gasteiger partial charge is 0.339 e. The van der Waals surface area contributed by atoms with Gasteiger partial charge in [-0.1, -0.05) is 25.3 Å². The van der Waals surface area contributed by atoms with Crippen molar-refractivity contribution >= 4 is 17.5 Å². The number of hydrogen-bond donors (Lipinski definition) is 1. The highest BCUT2D eigenvalue weighted by Crippen LogP contribution is 2.21. The van der Waals surface area contributed by atoms with Gasteiger partial charge < -0.3 is 10.2 Å². The SMILES string of the molecule is CN(CC(=O)Nc1cccc(C(=O)N2CCCCC2)c1)C1CCCCC1. The number of benzene rings is 1. The molecule has 1 aromatic rings. The minimum atomic E-state index is -0.0133. The summed E-state index contributed by atoms with van der Waals surface area (Å²) in [7, 11) is 2.03. The Morgan fingerprint density at radius 3 is 2.50 bits per heavy atom. The van der Waals surface area contributed by atoms with Crippen LogP contribution in [0.4, 0.5) is 5.69 Å². The number of nitrogens with zero attached hydrogens (tertiary/aromatic N) is 2. The van der Waals surface area contributed by atoms with E-state index < -0.39 is 0 Å². The molecule has 0 aromatic heterocycles. The van der Waals surface area contributed by atoms with E-state index in [1.807, 2.05) is 30.1 Å². The third kappa shape index (κ3) is 5.07. The van der Waals surface area contributed by atoms with E-state index >= 15 is 0 Å². The summed E-state index contributed by atoms with van der Waals surface area (Å²) in [4.78, 5) is 29.1. The molecule has 1 aliphatic heterocycles. The van der Waals surface area contributed by atoms with Gasteiger partial charge in [0, 0.05) is 30.4 Å². The lowest BCUT2D eigenvalue weighted by atomic mass is 9.94. The molecular formula is C21H31N3O2. The average molecular weight is 357 g/mol. The van der Waals surface area contributed by atoms with E-state index in [0.717, 1.165) is 25.9 Å². The second-order valence-electron chi connectivity index (χ2n) is 7.69. The summed E-state index contributed by atoms with van der Waals surface area (Å²) in [6, 6.07) is 7.85. The molecule has 1 aliphatic carbocycles. The zero-order valence-corrected chi connectivity index (χ0v) is 15.9. The van der Waals surface area contributed by atoms with Gasteiger partial charge in [0.25, 0.3) is 5.91 Å². The smallest absolute Gasteiger partial charge is 0.253 e. The van der Waals surface area contributed by atoms with E-state index in [2.05, 4.69) is 10.2 Å². The quantitative estimate of drug-likeness (QED) is 0.877. The van der Waals surface area contributed by atoms with E-state index in [1.165, 1.54) is 38.5 Å². The molecule has 1 N–H and O–H groups in total. The van der Waals surface area contributed by atoms with Crippen molar-refractivity contribution in [2.45, 2.75) is 57.4 Å². The fourth-order valence-corrected chi connectivity index (χ4v) is 4.09. The van der Waals surface area contributed by atoms with Crippen molar-refractivity contribution in [3.05, 3.63) is 29.8 Å².